The molecule has 0 spiro atoms. The summed E-state index contributed by atoms with van der Waals surface area (Å²) in [6, 6.07) is 10.3. The summed E-state index contributed by atoms with van der Waals surface area (Å²) in [6.45, 7) is 10.7. The van der Waals surface area contributed by atoms with Gasteiger partial charge in [0.25, 0.3) is 0 Å². The van der Waals surface area contributed by atoms with Crippen molar-refractivity contribution in [3.8, 4) is 0 Å². The highest BCUT2D eigenvalue weighted by Crippen LogP contribution is 2.42. The van der Waals surface area contributed by atoms with E-state index in [1.165, 1.54) is 5.56 Å². The van der Waals surface area contributed by atoms with Crippen LogP contribution in [0.25, 0.3) is 0 Å². The molecule has 1 atom stereocenters. The third kappa shape index (κ3) is 1.88. The first-order valence-corrected chi connectivity index (χ1v) is 5.95. The molecule has 1 aliphatic heterocycles. The van der Waals surface area contributed by atoms with Crippen molar-refractivity contribution >= 4 is 5.91 Å². The molecule has 1 fully saturated rings. The molecule has 0 aliphatic carbocycles. The lowest BCUT2D eigenvalue weighted by molar-refractivity contribution is -0.165. The topological polar surface area (TPSA) is 20.3 Å². The average Bonchev–Trinajstić information content (AvgIpc) is 2.28. The first kappa shape index (κ1) is 11.9. The zero-order valence-corrected chi connectivity index (χ0v) is 10.7. The third-order valence-electron chi connectivity index (χ3n) is 3.47. The Bertz CT molecular complexity index is 447. The molecule has 1 aliphatic rings. The number of carbonyl (C=O) groups excluding carboxylic acids is 1. The minimum atomic E-state index is -0.291. The molecule has 0 saturated carbocycles. The van der Waals surface area contributed by atoms with E-state index >= 15 is 0 Å². The van der Waals surface area contributed by atoms with Crippen molar-refractivity contribution in [1.82, 2.24) is 4.90 Å². The van der Waals surface area contributed by atoms with Gasteiger partial charge in [0.15, 0.2) is 0 Å². The fourth-order valence-electron chi connectivity index (χ4n) is 2.75. The zero-order chi connectivity index (χ0) is 12.6. The molecule has 17 heavy (non-hydrogen) atoms. The lowest BCUT2D eigenvalue weighted by Crippen LogP contribution is -2.66. The van der Waals surface area contributed by atoms with Crippen LogP contribution in [0.15, 0.2) is 42.5 Å². The van der Waals surface area contributed by atoms with Crippen molar-refractivity contribution < 1.29 is 4.79 Å². The smallest absolute Gasteiger partial charge is 0.231 e. The summed E-state index contributed by atoms with van der Waals surface area (Å²) in [5.41, 5.74) is 1.94. The van der Waals surface area contributed by atoms with Gasteiger partial charge in [-0.15, -0.1) is 0 Å². The summed E-state index contributed by atoms with van der Waals surface area (Å²) in [5.74, 6) is 0.217. The highest BCUT2D eigenvalue weighted by Gasteiger charge is 2.53. The number of rotatable bonds is 3. The van der Waals surface area contributed by atoms with E-state index < -0.39 is 0 Å². The average molecular weight is 229 g/mol. The Morgan fingerprint density at radius 2 is 1.94 bits per heavy atom. The maximum absolute atomic E-state index is 12.1. The van der Waals surface area contributed by atoms with Gasteiger partial charge in [0.05, 0.1) is 11.5 Å². The molecule has 0 aromatic heterocycles. The van der Waals surface area contributed by atoms with Crippen LogP contribution in [-0.4, -0.2) is 16.8 Å². The molecular formula is C15H19NO. The predicted molar refractivity (Wildman–Crippen MR) is 69.4 cm³/mol. The van der Waals surface area contributed by atoms with E-state index in [2.05, 4.69) is 6.58 Å². The van der Waals surface area contributed by atoms with Crippen molar-refractivity contribution in [2.45, 2.75) is 33.4 Å². The number of hydrogen-bond acceptors (Lipinski definition) is 1. The minimum Gasteiger partial charge on any atom is -0.330 e. The number of β-lactam (4-membered cyclic amide) rings is 1. The molecule has 0 bridgehead atoms. The van der Waals surface area contributed by atoms with Crippen molar-refractivity contribution in [2.75, 3.05) is 0 Å². The normalized spacial score (nSPS) is 22.2. The molecule has 1 amide bonds. The summed E-state index contributed by atoms with van der Waals surface area (Å²) in [4.78, 5) is 14.0. The second-order valence-electron chi connectivity index (χ2n) is 5.39. The highest BCUT2D eigenvalue weighted by atomic mass is 16.2. The largest absolute Gasteiger partial charge is 0.330 e. The lowest BCUT2D eigenvalue weighted by atomic mass is 9.71. The van der Waals surface area contributed by atoms with Crippen LogP contribution >= 0.6 is 0 Å². The minimum absolute atomic E-state index is 0.162. The van der Waals surface area contributed by atoms with E-state index in [4.69, 9.17) is 0 Å². The number of benzene rings is 1. The predicted octanol–water partition coefficient (Wildman–Crippen LogP) is 3.00. The number of likely N-dealkylation sites (tertiary alicyclic amines) is 1. The van der Waals surface area contributed by atoms with Crippen molar-refractivity contribution in [1.29, 1.82) is 0 Å². The molecule has 1 aromatic carbocycles. The molecule has 1 aromatic rings. The van der Waals surface area contributed by atoms with E-state index in [9.17, 15) is 4.79 Å². The van der Waals surface area contributed by atoms with Crippen LogP contribution < -0.4 is 0 Å². The zero-order valence-electron chi connectivity index (χ0n) is 10.7. The summed E-state index contributed by atoms with van der Waals surface area (Å²) in [7, 11) is 0. The molecule has 1 heterocycles. The Balaban J connectivity index is 2.17. The van der Waals surface area contributed by atoms with E-state index in [1.807, 2.05) is 56.0 Å². The number of hydrogen-bond donors (Lipinski definition) is 0. The van der Waals surface area contributed by atoms with Crippen LogP contribution in [0, 0.1) is 5.41 Å². The van der Waals surface area contributed by atoms with Gasteiger partial charge in [-0.2, -0.15) is 0 Å². The van der Waals surface area contributed by atoms with Crippen LogP contribution in [-0.2, 0) is 11.3 Å². The van der Waals surface area contributed by atoms with Crippen LogP contribution in [0.1, 0.15) is 26.3 Å². The molecule has 0 radical (unpaired) electrons. The molecule has 0 unspecified atom stereocenters. The van der Waals surface area contributed by atoms with E-state index in [0.717, 1.165) is 5.57 Å². The maximum Gasteiger partial charge on any atom is 0.231 e. The number of carbonyl (C=O) groups is 1. The second kappa shape index (κ2) is 4.02. The van der Waals surface area contributed by atoms with Gasteiger partial charge >= 0.3 is 0 Å². The summed E-state index contributed by atoms with van der Waals surface area (Å²) in [6.07, 6.45) is 0. The molecule has 2 rings (SSSR count). The van der Waals surface area contributed by atoms with Gasteiger partial charge in [-0.3, -0.25) is 4.79 Å². The molecule has 2 nitrogen and oxygen atoms in total. The van der Waals surface area contributed by atoms with Crippen LogP contribution in [0.3, 0.4) is 0 Å². The van der Waals surface area contributed by atoms with Gasteiger partial charge in [-0.1, -0.05) is 42.5 Å². The molecule has 1 saturated heterocycles. The highest BCUT2D eigenvalue weighted by molar-refractivity contribution is 5.90. The number of amides is 1. The SMILES string of the molecule is C=C(C)[C@H]1N(Cc2ccccc2)C(=O)C1(C)C. The van der Waals surface area contributed by atoms with E-state index in [0.29, 0.717) is 6.54 Å². The fourth-order valence-corrected chi connectivity index (χ4v) is 2.75. The lowest BCUT2D eigenvalue weighted by Gasteiger charge is -2.53. The van der Waals surface area contributed by atoms with Crippen molar-refractivity contribution in [3.63, 3.8) is 0 Å². The Labute approximate surface area is 103 Å². The van der Waals surface area contributed by atoms with Crippen LogP contribution in [0.4, 0.5) is 0 Å². The quantitative estimate of drug-likeness (QED) is 0.576. The molecule has 0 N–H and O–H groups in total. The summed E-state index contributed by atoms with van der Waals surface area (Å²) in [5, 5.41) is 0. The van der Waals surface area contributed by atoms with E-state index in [-0.39, 0.29) is 17.4 Å². The van der Waals surface area contributed by atoms with Gasteiger partial charge in [-0.05, 0) is 26.3 Å². The Hall–Kier alpha value is -1.57. The standard InChI is InChI=1S/C15H19NO/c1-11(2)13-15(3,4)14(17)16(13)10-12-8-6-5-7-9-12/h5-9,13H,1,10H2,2-4H3/t13-/m1/s1. The Kier molecular flexibility index (Phi) is 2.82. The van der Waals surface area contributed by atoms with Gasteiger partial charge in [0.2, 0.25) is 5.91 Å². The molecular weight excluding hydrogens is 210 g/mol. The maximum atomic E-state index is 12.1. The first-order chi connectivity index (χ1) is 7.94. The van der Waals surface area contributed by atoms with Gasteiger partial charge in [0, 0.05) is 6.54 Å². The Morgan fingerprint density at radius 1 is 1.35 bits per heavy atom. The molecule has 90 valence electrons. The Morgan fingerprint density at radius 3 is 2.47 bits per heavy atom. The summed E-state index contributed by atoms with van der Waals surface area (Å²) < 4.78 is 0. The van der Waals surface area contributed by atoms with Gasteiger partial charge in [-0.25, -0.2) is 0 Å². The van der Waals surface area contributed by atoms with Crippen LogP contribution in [0.2, 0.25) is 0 Å². The van der Waals surface area contributed by atoms with Gasteiger partial charge in [0.1, 0.15) is 0 Å². The number of nitrogens with zero attached hydrogens (tertiary/aromatic N) is 1. The van der Waals surface area contributed by atoms with Gasteiger partial charge < -0.3 is 4.90 Å². The second-order valence-corrected chi connectivity index (χ2v) is 5.39. The van der Waals surface area contributed by atoms with E-state index in [1.54, 1.807) is 0 Å². The van der Waals surface area contributed by atoms with Crippen molar-refractivity contribution in [2.24, 2.45) is 5.41 Å². The fraction of sp³-hybridized carbons (Fsp3) is 0.400. The van der Waals surface area contributed by atoms with Crippen LogP contribution in [0.5, 0.6) is 0 Å². The first-order valence-electron chi connectivity index (χ1n) is 5.95. The monoisotopic (exact) mass is 229 g/mol. The summed E-state index contributed by atoms with van der Waals surface area (Å²) >= 11 is 0. The molecule has 2 heteroatoms. The third-order valence-corrected chi connectivity index (χ3v) is 3.47. The van der Waals surface area contributed by atoms with Crippen molar-refractivity contribution in [3.05, 3.63) is 48.0 Å².